The summed E-state index contributed by atoms with van der Waals surface area (Å²) in [6.45, 7) is 1.40. The van der Waals surface area contributed by atoms with Gasteiger partial charge in [0.1, 0.15) is 0 Å². The molecule has 0 saturated heterocycles. The van der Waals surface area contributed by atoms with Crippen LogP contribution in [0.5, 0.6) is 0 Å². The van der Waals surface area contributed by atoms with E-state index in [-0.39, 0.29) is 12.0 Å². The molecule has 0 aliphatic carbocycles. The van der Waals surface area contributed by atoms with Crippen molar-refractivity contribution in [3.63, 3.8) is 0 Å². The number of rotatable bonds is 3. The Hall–Kier alpha value is -1.78. The summed E-state index contributed by atoms with van der Waals surface area (Å²) in [5, 5.41) is 8.60. The Balaban J connectivity index is 2.87. The van der Waals surface area contributed by atoms with Gasteiger partial charge in [-0.2, -0.15) is 13.2 Å². The third kappa shape index (κ3) is 3.94. The van der Waals surface area contributed by atoms with E-state index in [2.05, 4.69) is 0 Å². The van der Waals surface area contributed by atoms with E-state index in [4.69, 9.17) is 5.11 Å². The van der Waals surface area contributed by atoms with Gasteiger partial charge in [-0.3, -0.25) is 0 Å². The maximum Gasteiger partial charge on any atom is 0.416 e. The predicted octanol–water partition coefficient (Wildman–Crippen LogP) is 3.28. The topological polar surface area (TPSA) is 37.3 Å². The fraction of sp³-hybridized carbons (Fsp3) is 0.250. The fourth-order valence-electron chi connectivity index (χ4n) is 1.23. The van der Waals surface area contributed by atoms with Crippen molar-refractivity contribution >= 4 is 5.97 Å². The van der Waals surface area contributed by atoms with Crippen LogP contribution in [-0.2, 0) is 17.4 Å². The van der Waals surface area contributed by atoms with Crippen LogP contribution >= 0.6 is 0 Å². The van der Waals surface area contributed by atoms with Crippen LogP contribution in [0.2, 0.25) is 0 Å². The lowest BCUT2D eigenvalue weighted by atomic mass is 10.1. The zero-order valence-electron chi connectivity index (χ0n) is 9.08. The van der Waals surface area contributed by atoms with Crippen LogP contribution in [0.15, 0.2) is 35.9 Å². The van der Waals surface area contributed by atoms with Crippen molar-refractivity contribution in [1.82, 2.24) is 0 Å². The van der Waals surface area contributed by atoms with Gasteiger partial charge in [0.2, 0.25) is 0 Å². The molecule has 1 rings (SSSR count). The highest BCUT2D eigenvalue weighted by Gasteiger charge is 2.30. The number of hydrogen-bond acceptors (Lipinski definition) is 1. The number of carbonyl (C=O) groups is 1. The highest BCUT2D eigenvalue weighted by atomic mass is 19.4. The molecule has 0 fully saturated rings. The maximum atomic E-state index is 12.4. The summed E-state index contributed by atoms with van der Waals surface area (Å²) in [5.74, 6) is -1.07. The molecule has 2 nitrogen and oxygen atoms in total. The van der Waals surface area contributed by atoms with Gasteiger partial charge in [-0.25, -0.2) is 4.79 Å². The van der Waals surface area contributed by atoms with Crippen molar-refractivity contribution in [2.24, 2.45) is 0 Å². The van der Waals surface area contributed by atoms with Gasteiger partial charge < -0.3 is 5.11 Å². The number of allylic oxidation sites excluding steroid dienone is 1. The summed E-state index contributed by atoms with van der Waals surface area (Å²) in [5.41, 5.74) is -0.181. The van der Waals surface area contributed by atoms with Crippen LogP contribution in [-0.4, -0.2) is 11.1 Å². The molecule has 17 heavy (non-hydrogen) atoms. The Bertz CT molecular complexity index is 447. The van der Waals surface area contributed by atoms with Crippen LogP contribution in [0.25, 0.3) is 0 Å². The maximum absolute atomic E-state index is 12.4. The van der Waals surface area contributed by atoms with Gasteiger partial charge in [0.25, 0.3) is 0 Å². The summed E-state index contributed by atoms with van der Waals surface area (Å²) in [6, 6.07) is 4.84. The number of halogens is 3. The molecular formula is C12H11F3O2. The number of benzene rings is 1. The first-order valence-electron chi connectivity index (χ1n) is 4.87. The number of carboxylic acid groups (broad SMARTS) is 1. The molecule has 0 atom stereocenters. The molecule has 92 valence electrons. The molecule has 0 unspecified atom stereocenters. The van der Waals surface area contributed by atoms with Crippen molar-refractivity contribution in [3.05, 3.63) is 47.0 Å². The summed E-state index contributed by atoms with van der Waals surface area (Å²) >= 11 is 0. The van der Waals surface area contributed by atoms with Gasteiger partial charge in [0, 0.05) is 5.57 Å². The number of carboxylic acids is 1. The zero-order chi connectivity index (χ0) is 13.1. The SMILES string of the molecule is CC(=CCc1cccc(C(F)(F)F)c1)C(=O)O. The van der Waals surface area contributed by atoms with Crippen LogP contribution in [0.4, 0.5) is 13.2 Å². The zero-order valence-corrected chi connectivity index (χ0v) is 9.08. The van der Waals surface area contributed by atoms with Gasteiger partial charge in [-0.1, -0.05) is 24.3 Å². The fourth-order valence-corrected chi connectivity index (χ4v) is 1.23. The molecule has 0 radical (unpaired) electrons. The van der Waals surface area contributed by atoms with E-state index < -0.39 is 17.7 Å². The van der Waals surface area contributed by atoms with E-state index in [0.29, 0.717) is 5.56 Å². The Morgan fingerprint density at radius 2 is 2.06 bits per heavy atom. The van der Waals surface area contributed by atoms with Crippen molar-refractivity contribution in [1.29, 1.82) is 0 Å². The monoisotopic (exact) mass is 244 g/mol. The van der Waals surface area contributed by atoms with E-state index in [1.165, 1.54) is 25.1 Å². The van der Waals surface area contributed by atoms with E-state index >= 15 is 0 Å². The average molecular weight is 244 g/mol. The number of hydrogen-bond donors (Lipinski definition) is 1. The third-order valence-electron chi connectivity index (χ3n) is 2.24. The van der Waals surface area contributed by atoms with Gasteiger partial charge in [-0.15, -0.1) is 0 Å². The number of aliphatic carboxylic acids is 1. The van der Waals surface area contributed by atoms with Gasteiger partial charge in [-0.05, 0) is 25.0 Å². The molecule has 0 aliphatic heterocycles. The second-order valence-corrected chi connectivity index (χ2v) is 3.59. The molecule has 0 amide bonds. The van der Waals surface area contributed by atoms with Crippen LogP contribution in [0.1, 0.15) is 18.1 Å². The van der Waals surface area contributed by atoms with E-state index in [1.807, 2.05) is 0 Å². The van der Waals surface area contributed by atoms with Gasteiger partial charge >= 0.3 is 12.1 Å². The lowest BCUT2D eigenvalue weighted by molar-refractivity contribution is -0.137. The highest BCUT2D eigenvalue weighted by Crippen LogP contribution is 2.29. The molecule has 0 aromatic heterocycles. The first kappa shape index (κ1) is 13.3. The lowest BCUT2D eigenvalue weighted by Gasteiger charge is -2.07. The summed E-state index contributed by atoms with van der Waals surface area (Å²) < 4.78 is 37.2. The lowest BCUT2D eigenvalue weighted by Crippen LogP contribution is -2.05. The van der Waals surface area contributed by atoms with Crippen molar-refractivity contribution in [2.75, 3.05) is 0 Å². The minimum Gasteiger partial charge on any atom is -0.478 e. The first-order valence-corrected chi connectivity index (χ1v) is 4.87. The molecule has 1 N–H and O–H groups in total. The molecule has 0 spiro atoms. The second-order valence-electron chi connectivity index (χ2n) is 3.59. The van der Waals surface area contributed by atoms with Crippen LogP contribution in [0.3, 0.4) is 0 Å². The molecule has 5 heteroatoms. The van der Waals surface area contributed by atoms with Crippen molar-refractivity contribution in [2.45, 2.75) is 19.5 Å². The van der Waals surface area contributed by atoms with Crippen LogP contribution in [0, 0.1) is 0 Å². The minimum absolute atomic E-state index is 0.113. The average Bonchev–Trinajstić information content (AvgIpc) is 2.25. The van der Waals surface area contributed by atoms with Crippen molar-refractivity contribution in [3.8, 4) is 0 Å². The molecule has 1 aromatic carbocycles. The molecular weight excluding hydrogens is 233 g/mol. The largest absolute Gasteiger partial charge is 0.478 e. The summed E-state index contributed by atoms with van der Waals surface area (Å²) in [6.07, 6.45) is -2.82. The first-order chi connectivity index (χ1) is 7.80. The highest BCUT2D eigenvalue weighted by molar-refractivity contribution is 5.85. The Morgan fingerprint density at radius 1 is 1.41 bits per heavy atom. The third-order valence-corrected chi connectivity index (χ3v) is 2.24. The van der Waals surface area contributed by atoms with Gasteiger partial charge in [0.05, 0.1) is 5.56 Å². The molecule has 0 aliphatic rings. The minimum atomic E-state index is -4.37. The second kappa shape index (κ2) is 5.03. The van der Waals surface area contributed by atoms with Crippen LogP contribution < -0.4 is 0 Å². The standard InChI is InChI=1S/C12H11F3O2/c1-8(11(16)17)5-6-9-3-2-4-10(7-9)12(13,14)15/h2-5,7H,6H2,1H3,(H,16,17). The van der Waals surface area contributed by atoms with E-state index in [1.54, 1.807) is 0 Å². The van der Waals surface area contributed by atoms with Crippen molar-refractivity contribution < 1.29 is 23.1 Å². The Kier molecular flexibility index (Phi) is 3.93. The number of alkyl halides is 3. The molecule has 0 bridgehead atoms. The Labute approximate surface area is 96.4 Å². The quantitative estimate of drug-likeness (QED) is 0.828. The van der Waals surface area contributed by atoms with E-state index in [0.717, 1.165) is 12.1 Å². The molecule has 1 aromatic rings. The summed E-state index contributed by atoms with van der Waals surface area (Å²) in [4.78, 5) is 10.5. The molecule has 0 heterocycles. The molecule has 0 saturated carbocycles. The Morgan fingerprint density at radius 3 is 2.59 bits per heavy atom. The smallest absolute Gasteiger partial charge is 0.416 e. The predicted molar refractivity (Wildman–Crippen MR) is 56.5 cm³/mol. The van der Waals surface area contributed by atoms with Gasteiger partial charge in [0.15, 0.2) is 0 Å². The summed E-state index contributed by atoms with van der Waals surface area (Å²) in [7, 11) is 0. The normalized spacial score (nSPS) is 12.6. The van der Waals surface area contributed by atoms with E-state index in [9.17, 15) is 18.0 Å².